The number of rotatable bonds is 9. The third-order valence-corrected chi connectivity index (χ3v) is 7.88. The number of nitrogen functional groups attached to an aromatic ring is 1. The van der Waals surface area contributed by atoms with Crippen LogP contribution < -0.4 is 26.7 Å². The van der Waals surface area contributed by atoms with Crippen LogP contribution in [0.3, 0.4) is 0 Å². The molecule has 5 rings (SSSR count). The maximum Gasteiger partial charge on any atom is 0.416 e. The number of aromatic amines is 1. The van der Waals surface area contributed by atoms with Crippen LogP contribution >= 0.6 is 0 Å². The first-order valence-corrected chi connectivity index (χ1v) is 16.1. The van der Waals surface area contributed by atoms with Crippen molar-refractivity contribution < 1.29 is 37.0 Å². The number of likely N-dealkylation sites (tertiary alicyclic amines) is 1. The van der Waals surface area contributed by atoms with Crippen molar-refractivity contribution in [1.29, 1.82) is 0 Å². The molecule has 51 heavy (non-hydrogen) atoms. The molecule has 3 atom stereocenters. The summed E-state index contributed by atoms with van der Waals surface area (Å²) in [6.07, 6.45) is -4.69. The van der Waals surface area contributed by atoms with Gasteiger partial charge in [-0.05, 0) is 71.7 Å². The van der Waals surface area contributed by atoms with Gasteiger partial charge in [-0.25, -0.2) is 14.8 Å². The Morgan fingerprint density at radius 1 is 1.10 bits per heavy atom. The maximum atomic E-state index is 14.0. The van der Waals surface area contributed by atoms with Gasteiger partial charge in [-0.15, -0.1) is 0 Å². The number of hydrogen-bond acceptors (Lipinski definition) is 11. The highest BCUT2D eigenvalue weighted by atomic mass is 19.4. The number of hydrogen-bond donors (Lipinski definition) is 4. The largest absolute Gasteiger partial charge is 0.444 e. The first-order chi connectivity index (χ1) is 23.9. The van der Waals surface area contributed by atoms with E-state index in [0.717, 1.165) is 12.1 Å². The number of ether oxygens (including phenoxy) is 3. The lowest BCUT2D eigenvalue weighted by Crippen LogP contribution is -2.48. The lowest BCUT2D eigenvalue weighted by atomic mass is 10.0. The number of nitrogens with zero attached hydrogens (tertiary/aromatic N) is 4. The highest BCUT2D eigenvalue weighted by molar-refractivity contribution is 6.00. The second kappa shape index (κ2) is 14.4. The highest BCUT2D eigenvalue weighted by Gasteiger charge is 2.41. The molecular formula is C34H39F3N8O6. The maximum absolute atomic E-state index is 14.0. The van der Waals surface area contributed by atoms with Crippen molar-refractivity contribution in [3.63, 3.8) is 0 Å². The molecule has 2 amide bonds. The van der Waals surface area contributed by atoms with Gasteiger partial charge in [0.25, 0.3) is 5.56 Å². The van der Waals surface area contributed by atoms with Crippen LogP contribution in [-0.2, 0) is 20.4 Å². The summed E-state index contributed by atoms with van der Waals surface area (Å²) >= 11 is 0. The zero-order valence-corrected chi connectivity index (χ0v) is 28.8. The number of alkyl halides is 3. The predicted molar refractivity (Wildman–Crippen MR) is 183 cm³/mol. The smallest absolute Gasteiger partial charge is 0.416 e. The molecule has 3 heterocycles. The van der Waals surface area contributed by atoms with Gasteiger partial charge in [0.1, 0.15) is 17.2 Å². The van der Waals surface area contributed by atoms with Gasteiger partial charge in [0.05, 0.1) is 29.1 Å². The van der Waals surface area contributed by atoms with Gasteiger partial charge in [0, 0.05) is 30.8 Å². The second-order valence-corrected chi connectivity index (χ2v) is 13.2. The number of halogens is 3. The Bertz CT molecular complexity index is 2000. The van der Waals surface area contributed by atoms with Gasteiger partial charge >= 0.3 is 12.3 Å². The van der Waals surface area contributed by atoms with Crippen LogP contribution in [0.5, 0.6) is 11.6 Å². The molecule has 0 bridgehead atoms. The first-order valence-electron chi connectivity index (χ1n) is 16.1. The molecule has 1 saturated heterocycles. The van der Waals surface area contributed by atoms with Crippen LogP contribution in [0.4, 0.5) is 35.4 Å². The number of amides is 2. The minimum atomic E-state index is -4.74. The molecule has 17 heteroatoms. The molecule has 0 radical (unpaired) electrons. The standard InChI is InChI=1S/C34H39F3N8O6/c1-17(16-49-6)39-31-42-23(15-26(43-31)50-25-9-7-8-21-27(25)44-28(38)30(47)40-21)20-12-11-19(34(35,36)37)14-22(20)41-29(46)24-13-10-18(2)45(24)32(48)51-33(3,4)5/h7-9,11-12,14-15,17-18,24H,10,13,16H2,1-6H3,(H2,38,44)(H,40,47)(H,41,46)(H,39,42,43)/t17-,18-,24-/m0/s1. The number of H-pyrrole nitrogens is 1. The number of methoxy groups -OCH3 is 1. The molecule has 0 spiro atoms. The molecule has 272 valence electrons. The predicted octanol–water partition coefficient (Wildman–Crippen LogP) is 5.95. The van der Waals surface area contributed by atoms with E-state index < -0.39 is 40.9 Å². The Morgan fingerprint density at radius 3 is 2.53 bits per heavy atom. The monoisotopic (exact) mass is 712 g/mol. The third-order valence-electron chi connectivity index (χ3n) is 7.88. The minimum Gasteiger partial charge on any atom is -0.444 e. The van der Waals surface area contributed by atoms with Crippen molar-refractivity contribution in [3.05, 3.63) is 58.4 Å². The molecule has 2 aromatic heterocycles. The number of carbonyl (C=O) groups excluding carboxylic acids is 2. The Kier molecular flexibility index (Phi) is 10.4. The van der Waals surface area contributed by atoms with Crippen molar-refractivity contribution in [2.45, 2.75) is 77.4 Å². The van der Waals surface area contributed by atoms with E-state index in [1.54, 1.807) is 52.8 Å². The molecule has 1 aliphatic heterocycles. The number of nitrogens with one attached hydrogen (secondary N) is 3. The first kappa shape index (κ1) is 36.8. The van der Waals surface area contributed by atoms with Crippen LogP contribution in [0, 0.1) is 0 Å². The quantitative estimate of drug-likeness (QED) is 0.161. The highest BCUT2D eigenvalue weighted by Crippen LogP contribution is 2.38. The Morgan fingerprint density at radius 2 is 1.84 bits per heavy atom. The van der Waals surface area contributed by atoms with Crippen LogP contribution in [-0.4, -0.2) is 74.3 Å². The molecule has 1 aliphatic rings. The van der Waals surface area contributed by atoms with Gasteiger partial charge in [0.15, 0.2) is 11.6 Å². The Balaban J connectivity index is 1.58. The van der Waals surface area contributed by atoms with Crippen LogP contribution in [0.1, 0.15) is 53.0 Å². The number of para-hydroxylation sites is 1. The van der Waals surface area contributed by atoms with E-state index in [-0.39, 0.29) is 71.0 Å². The van der Waals surface area contributed by atoms with Crippen molar-refractivity contribution in [2.24, 2.45) is 0 Å². The van der Waals surface area contributed by atoms with E-state index >= 15 is 0 Å². The average molecular weight is 713 g/mol. The van der Waals surface area contributed by atoms with Gasteiger partial charge in [0.2, 0.25) is 17.7 Å². The molecule has 14 nitrogen and oxygen atoms in total. The van der Waals surface area contributed by atoms with Gasteiger partial charge in [-0.2, -0.15) is 18.2 Å². The number of anilines is 3. The average Bonchev–Trinajstić information content (AvgIpc) is 3.42. The Hall–Kier alpha value is -5.45. The Labute approximate surface area is 290 Å². The topological polar surface area (TPSA) is 187 Å². The van der Waals surface area contributed by atoms with Crippen LogP contribution in [0.15, 0.2) is 47.3 Å². The van der Waals surface area contributed by atoms with Gasteiger partial charge < -0.3 is 35.6 Å². The summed E-state index contributed by atoms with van der Waals surface area (Å²) in [5.41, 5.74) is 3.86. The molecular weight excluding hydrogens is 673 g/mol. The summed E-state index contributed by atoms with van der Waals surface area (Å²) in [6, 6.07) is 7.35. The summed E-state index contributed by atoms with van der Waals surface area (Å²) < 4.78 is 58.8. The molecule has 0 unspecified atom stereocenters. The van der Waals surface area contributed by atoms with E-state index in [0.29, 0.717) is 11.9 Å². The van der Waals surface area contributed by atoms with E-state index in [2.05, 4.69) is 30.6 Å². The second-order valence-electron chi connectivity index (χ2n) is 13.2. The lowest BCUT2D eigenvalue weighted by Gasteiger charge is -2.31. The van der Waals surface area contributed by atoms with E-state index in [4.69, 9.17) is 19.9 Å². The number of carbonyl (C=O) groups is 2. The van der Waals surface area contributed by atoms with Crippen molar-refractivity contribution in [2.75, 3.05) is 30.1 Å². The number of benzene rings is 2. The van der Waals surface area contributed by atoms with E-state index in [1.807, 2.05) is 0 Å². The minimum absolute atomic E-state index is 0.0334. The molecule has 4 aromatic rings. The van der Waals surface area contributed by atoms with E-state index in [9.17, 15) is 27.6 Å². The van der Waals surface area contributed by atoms with Crippen molar-refractivity contribution >= 4 is 40.5 Å². The number of aromatic nitrogens is 4. The van der Waals surface area contributed by atoms with Crippen molar-refractivity contribution in [3.8, 4) is 22.9 Å². The zero-order valence-electron chi connectivity index (χ0n) is 28.8. The summed E-state index contributed by atoms with van der Waals surface area (Å²) in [5.74, 6) is -0.842. The van der Waals surface area contributed by atoms with Gasteiger partial charge in [-0.3, -0.25) is 14.5 Å². The lowest BCUT2D eigenvalue weighted by molar-refractivity contribution is -0.137. The van der Waals surface area contributed by atoms with Crippen LogP contribution in [0.2, 0.25) is 0 Å². The zero-order chi connectivity index (χ0) is 37.2. The number of fused-ring (bicyclic) bond motifs is 1. The fraction of sp³-hybridized carbons (Fsp3) is 0.412. The van der Waals surface area contributed by atoms with Crippen molar-refractivity contribution in [1.82, 2.24) is 24.8 Å². The molecule has 2 aromatic carbocycles. The fourth-order valence-electron chi connectivity index (χ4n) is 5.61. The number of nitrogens with two attached hydrogens (primary N) is 1. The fourth-order valence-corrected chi connectivity index (χ4v) is 5.61. The summed E-state index contributed by atoms with van der Waals surface area (Å²) in [7, 11) is 1.51. The summed E-state index contributed by atoms with van der Waals surface area (Å²) in [6.45, 7) is 8.92. The molecule has 5 N–H and O–H groups in total. The van der Waals surface area contributed by atoms with Gasteiger partial charge in [-0.1, -0.05) is 12.1 Å². The summed E-state index contributed by atoms with van der Waals surface area (Å²) in [4.78, 5) is 56.0. The van der Waals surface area contributed by atoms with Crippen LogP contribution in [0.25, 0.3) is 22.3 Å². The normalized spacial score (nSPS) is 16.9. The van der Waals surface area contributed by atoms with E-state index in [1.165, 1.54) is 24.1 Å². The summed E-state index contributed by atoms with van der Waals surface area (Å²) in [5, 5.41) is 5.71. The molecule has 1 fully saturated rings. The third kappa shape index (κ3) is 8.65. The molecule has 0 aliphatic carbocycles. The SMILES string of the molecule is COC[C@H](C)Nc1nc(Oc2cccc3[nH]c(=O)c(N)nc23)cc(-c2ccc(C(F)(F)F)cc2NC(=O)[C@@H]2CC[C@H](C)N2C(=O)OC(C)(C)C)n1. The molecule has 0 saturated carbocycles.